The molecule has 2 fully saturated rings. The number of likely N-dealkylation sites (N-methyl/N-ethyl adjacent to an activating group) is 1. The molecule has 0 atom stereocenters. The number of hydrogen-bond donors (Lipinski definition) is 2. The van der Waals surface area contributed by atoms with E-state index in [0.29, 0.717) is 35.4 Å². The number of aromatic nitrogens is 2. The summed E-state index contributed by atoms with van der Waals surface area (Å²) in [6.07, 6.45) is 0. The van der Waals surface area contributed by atoms with Crippen molar-refractivity contribution in [3.63, 3.8) is 0 Å². The second-order valence-electron chi connectivity index (χ2n) is 8.12. The molecule has 0 radical (unpaired) electrons. The zero-order chi connectivity index (χ0) is 21.5. The summed E-state index contributed by atoms with van der Waals surface area (Å²) in [5.74, 6) is -2.12. The summed E-state index contributed by atoms with van der Waals surface area (Å²) < 4.78 is 34.4. The van der Waals surface area contributed by atoms with E-state index in [1.54, 1.807) is 24.3 Å². The molecule has 5 rings (SSSR count). The van der Waals surface area contributed by atoms with Crippen LogP contribution in [0.1, 0.15) is 10.5 Å². The van der Waals surface area contributed by atoms with Gasteiger partial charge in [-0.1, -0.05) is 6.07 Å². The Morgan fingerprint density at radius 3 is 2.65 bits per heavy atom. The summed E-state index contributed by atoms with van der Waals surface area (Å²) in [6, 6.07) is 8.00. The predicted octanol–water partition coefficient (Wildman–Crippen LogP) is 2.39. The third-order valence-electron chi connectivity index (χ3n) is 5.94. The van der Waals surface area contributed by atoms with Crippen LogP contribution in [0.25, 0.3) is 22.0 Å². The highest BCUT2D eigenvalue weighted by Gasteiger charge is 2.24. The van der Waals surface area contributed by atoms with Gasteiger partial charge < -0.3 is 19.9 Å². The molecule has 3 heterocycles. The van der Waals surface area contributed by atoms with Gasteiger partial charge in [0.2, 0.25) is 0 Å². The molecule has 162 valence electrons. The Labute approximate surface area is 178 Å². The standard InChI is InChI=1S/C22H23F2N5O2/c1-28-4-6-29(7-5-28)15-9-16(20(24)18(23)10-15)13-2-3-19-17(8-13)21(27-26-19)22(30)25-14-11-31-12-14/h2-3,8-10,14H,4-7,11-12H2,1H3,(H,25,30)(H,26,27). The molecule has 31 heavy (non-hydrogen) atoms. The van der Waals surface area contributed by atoms with Gasteiger partial charge in [0.05, 0.1) is 24.8 Å². The van der Waals surface area contributed by atoms with Crippen molar-refractivity contribution in [2.45, 2.75) is 6.04 Å². The molecule has 2 saturated heterocycles. The van der Waals surface area contributed by atoms with Crippen molar-refractivity contribution in [1.82, 2.24) is 20.4 Å². The first-order chi connectivity index (χ1) is 15.0. The number of carbonyl (C=O) groups excluding carboxylic acids is 1. The number of H-pyrrole nitrogens is 1. The number of hydrogen-bond acceptors (Lipinski definition) is 5. The molecule has 0 saturated carbocycles. The maximum atomic E-state index is 14.8. The zero-order valence-corrected chi connectivity index (χ0v) is 17.1. The fourth-order valence-corrected chi connectivity index (χ4v) is 3.96. The van der Waals surface area contributed by atoms with Gasteiger partial charge in [-0.2, -0.15) is 5.10 Å². The van der Waals surface area contributed by atoms with Gasteiger partial charge in [0.15, 0.2) is 17.3 Å². The van der Waals surface area contributed by atoms with Crippen molar-refractivity contribution < 1.29 is 18.3 Å². The van der Waals surface area contributed by atoms with E-state index < -0.39 is 11.6 Å². The highest BCUT2D eigenvalue weighted by atomic mass is 19.2. The lowest BCUT2D eigenvalue weighted by atomic mass is 10.0. The zero-order valence-electron chi connectivity index (χ0n) is 17.1. The average Bonchev–Trinajstić information content (AvgIpc) is 3.16. The molecule has 2 aliphatic heterocycles. The van der Waals surface area contributed by atoms with Gasteiger partial charge in [-0.05, 0) is 30.8 Å². The van der Waals surface area contributed by atoms with Crippen molar-refractivity contribution in [3.05, 3.63) is 47.7 Å². The maximum Gasteiger partial charge on any atom is 0.272 e. The van der Waals surface area contributed by atoms with E-state index in [0.717, 1.165) is 26.2 Å². The average molecular weight is 427 g/mol. The fourth-order valence-electron chi connectivity index (χ4n) is 3.96. The normalized spacial score (nSPS) is 17.7. The minimum Gasteiger partial charge on any atom is -0.377 e. The lowest BCUT2D eigenvalue weighted by Crippen LogP contribution is -2.48. The van der Waals surface area contributed by atoms with Crippen LogP contribution < -0.4 is 10.2 Å². The van der Waals surface area contributed by atoms with Crippen LogP contribution in [-0.4, -0.2) is 73.5 Å². The van der Waals surface area contributed by atoms with Crippen LogP contribution >= 0.6 is 0 Å². The van der Waals surface area contributed by atoms with Crippen molar-refractivity contribution in [2.24, 2.45) is 0 Å². The number of amides is 1. The molecular weight excluding hydrogens is 404 g/mol. The summed E-state index contributed by atoms with van der Waals surface area (Å²) in [4.78, 5) is 16.8. The number of aromatic amines is 1. The minimum atomic E-state index is -0.904. The SMILES string of the molecule is CN1CCN(c2cc(F)c(F)c(-c3ccc4[nH]nc(C(=O)NC5COC5)c4c3)c2)CC1. The first-order valence-electron chi connectivity index (χ1n) is 10.3. The van der Waals surface area contributed by atoms with Crippen molar-refractivity contribution in [3.8, 4) is 11.1 Å². The number of halogens is 2. The third-order valence-corrected chi connectivity index (χ3v) is 5.94. The number of ether oxygens (including phenoxy) is 1. The van der Waals surface area contributed by atoms with Crippen LogP contribution in [0.15, 0.2) is 30.3 Å². The summed E-state index contributed by atoms with van der Waals surface area (Å²) in [5, 5.41) is 10.4. The molecule has 1 amide bonds. The Bertz CT molecular complexity index is 1140. The number of fused-ring (bicyclic) bond motifs is 1. The van der Waals surface area contributed by atoms with Gasteiger partial charge in [0.1, 0.15) is 0 Å². The van der Waals surface area contributed by atoms with E-state index in [2.05, 4.69) is 25.3 Å². The Balaban J connectivity index is 1.51. The smallest absolute Gasteiger partial charge is 0.272 e. The first kappa shape index (κ1) is 19.9. The molecule has 0 spiro atoms. The number of piperazine rings is 1. The number of rotatable bonds is 4. The van der Waals surface area contributed by atoms with Gasteiger partial charge in [-0.3, -0.25) is 9.89 Å². The van der Waals surface area contributed by atoms with E-state index in [-0.39, 0.29) is 23.2 Å². The summed E-state index contributed by atoms with van der Waals surface area (Å²) >= 11 is 0. The van der Waals surface area contributed by atoms with E-state index in [4.69, 9.17) is 4.74 Å². The third kappa shape index (κ3) is 3.75. The second kappa shape index (κ2) is 7.90. The molecule has 0 bridgehead atoms. The minimum absolute atomic E-state index is 0.0331. The highest BCUT2D eigenvalue weighted by Crippen LogP contribution is 2.32. The molecule has 3 aromatic rings. The quantitative estimate of drug-likeness (QED) is 0.669. The summed E-state index contributed by atoms with van der Waals surface area (Å²) in [6.45, 7) is 4.17. The largest absolute Gasteiger partial charge is 0.377 e. The van der Waals surface area contributed by atoms with Gasteiger partial charge in [-0.15, -0.1) is 0 Å². The molecule has 2 aromatic carbocycles. The van der Waals surface area contributed by atoms with Crippen LogP contribution in [0.2, 0.25) is 0 Å². The maximum absolute atomic E-state index is 14.8. The second-order valence-corrected chi connectivity index (χ2v) is 8.12. The molecule has 1 aromatic heterocycles. The molecule has 9 heteroatoms. The lowest BCUT2D eigenvalue weighted by Gasteiger charge is -2.34. The fraction of sp³-hybridized carbons (Fsp3) is 0.364. The Kier molecular flexibility index (Phi) is 5.07. The van der Waals surface area contributed by atoms with Crippen LogP contribution in [0.5, 0.6) is 0 Å². The van der Waals surface area contributed by atoms with Crippen molar-refractivity contribution in [1.29, 1.82) is 0 Å². The Morgan fingerprint density at radius 1 is 1.16 bits per heavy atom. The van der Waals surface area contributed by atoms with Crippen LogP contribution in [0.4, 0.5) is 14.5 Å². The van der Waals surface area contributed by atoms with E-state index in [1.165, 1.54) is 6.07 Å². The van der Waals surface area contributed by atoms with Crippen LogP contribution in [-0.2, 0) is 4.74 Å². The summed E-state index contributed by atoms with van der Waals surface area (Å²) in [7, 11) is 2.04. The monoisotopic (exact) mass is 427 g/mol. The number of nitrogens with one attached hydrogen (secondary N) is 2. The van der Waals surface area contributed by atoms with Crippen molar-refractivity contribution in [2.75, 3.05) is 51.3 Å². The number of benzene rings is 2. The Morgan fingerprint density at radius 2 is 1.94 bits per heavy atom. The molecule has 2 aliphatic rings. The molecule has 7 nitrogen and oxygen atoms in total. The van der Waals surface area contributed by atoms with E-state index in [1.807, 2.05) is 7.05 Å². The number of nitrogens with zero attached hydrogens (tertiary/aromatic N) is 3. The van der Waals surface area contributed by atoms with Gasteiger partial charge >= 0.3 is 0 Å². The number of carbonyl (C=O) groups is 1. The molecule has 0 unspecified atom stereocenters. The highest BCUT2D eigenvalue weighted by molar-refractivity contribution is 6.05. The Hall–Kier alpha value is -3.04. The van der Waals surface area contributed by atoms with Crippen molar-refractivity contribution >= 4 is 22.5 Å². The van der Waals surface area contributed by atoms with E-state index in [9.17, 15) is 13.6 Å². The van der Waals surface area contributed by atoms with Gasteiger partial charge in [-0.25, -0.2) is 8.78 Å². The molecule has 2 N–H and O–H groups in total. The van der Waals surface area contributed by atoms with Crippen LogP contribution in [0.3, 0.4) is 0 Å². The predicted molar refractivity (Wildman–Crippen MR) is 113 cm³/mol. The van der Waals surface area contributed by atoms with Gasteiger partial charge in [0.25, 0.3) is 5.91 Å². The molecule has 0 aliphatic carbocycles. The molecular formula is C22H23F2N5O2. The van der Waals surface area contributed by atoms with Gasteiger partial charge in [0, 0.05) is 48.9 Å². The summed E-state index contributed by atoms with van der Waals surface area (Å²) in [5.41, 5.74) is 2.17. The topological polar surface area (TPSA) is 73.5 Å². The first-order valence-corrected chi connectivity index (χ1v) is 10.3. The van der Waals surface area contributed by atoms with E-state index >= 15 is 0 Å². The lowest BCUT2D eigenvalue weighted by molar-refractivity contribution is -0.00352. The van der Waals surface area contributed by atoms with Crippen LogP contribution in [0, 0.1) is 11.6 Å². The number of anilines is 1.